The van der Waals surface area contributed by atoms with Gasteiger partial charge in [0.05, 0.1) is 36.0 Å². The quantitative estimate of drug-likeness (QED) is 0.322. The van der Waals surface area contributed by atoms with Crippen molar-refractivity contribution in [3.05, 3.63) is 135 Å². The fourth-order valence-electron chi connectivity index (χ4n) is 5.89. The Labute approximate surface area is 221 Å². The van der Waals surface area contributed by atoms with Gasteiger partial charge in [-0.15, -0.1) is 0 Å². The van der Waals surface area contributed by atoms with Crippen LogP contribution >= 0.6 is 0 Å². The van der Waals surface area contributed by atoms with Crippen LogP contribution in [-0.2, 0) is 23.4 Å². The normalized spacial score (nSPS) is 17.9. The summed E-state index contributed by atoms with van der Waals surface area (Å²) in [5, 5.41) is -0.0387. The summed E-state index contributed by atoms with van der Waals surface area (Å²) in [7, 11) is 0. The summed E-state index contributed by atoms with van der Waals surface area (Å²) in [6.07, 6.45) is 1.48. The molecule has 0 radical (unpaired) electrons. The molecule has 0 saturated heterocycles. The smallest absolute Gasteiger partial charge is 0.291 e. The van der Waals surface area contributed by atoms with Gasteiger partial charge in [-0.25, -0.2) is 4.39 Å². The van der Waals surface area contributed by atoms with Gasteiger partial charge >= 0.3 is 0 Å². The average molecular weight is 521 g/mol. The molecule has 1 atom stereocenters. The molecule has 0 fully saturated rings. The van der Waals surface area contributed by atoms with Crippen LogP contribution in [0.5, 0.6) is 0 Å². The number of carbonyl (C=O) groups is 2. The van der Waals surface area contributed by atoms with E-state index in [1.54, 1.807) is 41.3 Å². The Kier molecular flexibility index (Phi) is 4.91. The number of rotatable bonds is 4. The number of halogens is 1. The molecule has 8 heteroatoms. The standard InChI is InChI=1S/C31H21FN2O5/c1-18-6-4-7-19(14-18)16-33-24-10-3-2-9-23(24)31(30(33)37)26-27(35)22-15-20(32)11-12-25(22)39-28(26)29(36)34(31)17-21-8-5-13-38-21/h2-15H,16-17H2,1H3. The van der Waals surface area contributed by atoms with E-state index in [4.69, 9.17) is 8.83 Å². The van der Waals surface area contributed by atoms with Crippen molar-refractivity contribution in [1.29, 1.82) is 0 Å². The largest absolute Gasteiger partial charge is 0.467 e. The average Bonchev–Trinajstić information content (AvgIpc) is 3.59. The zero-order chi connectivity index (χ0) is 26.9. The van der Waals surface area contributed by atoms with E-state index in [-0.39, 0.29) is 35.4 Å². The van der Waals surface area contributed by atoms with E-state index in [1.807, 2.05) is 31.2 Å². The Morgan fingerprint density at radius 1 is 0.897 bits per heavy atom. The van der Waals surface area contributed by atoms with Crippen LogP contribution in [0.3, 0.4) is 0 Å². The Morgan fingerprint density at radius 3 is 2.54 bits per heavy atom. The third-order valence-electron chi connectivity index (χ3n) is 7.51. The van der Waals surface area contributed by atoms with Crippen LogP contribution in [0.1, 0.15) is 38.6 Å². The molecule has 5 aromatic rings. The van der Waals surface area contributed by atoms with Crippen LogP contribution in [0.25, 0.3) is 11.0 Å². The fraction of sp³-hybridized carbons (Fsp3) is 0.129. The second-order valence-corrected chi connectivity index (χ2v) is 9.85. The predicted octanol–water partition coefficient (Wildman–Crippen LogP) is 5.28. The lowest BCUT2D eigenvalue weighted by Crippen LogP contribution is -2.52. The molecule has 2 aliphatic rings. The molecule has 192 valence electrons. The Hall–Kier alpha value is -4.98. The van der Waals surface area contributed by atoms with Crippen molar-refractivity contribution < 1.29 is 22.8 Å². The van der Waals surface area contributed by atoms with Gasteiger partial charge in [0.2, 0.25) is 5.76 Å². The molecular formula is C31H21FN2O5. The molecule has 2 aliphatic heterocycles. The molecule has 39 heavy (non-hydrogen) atoms. The van der Waals surface area contributed by atoms with Gasteiger partial charge in [0.25, 0.3) is 11.8 Å². The fourth-order valence-corrected chi connectivity index (χ4v) is 5.89. The minimum Gasteiger partial charge on any atom is -0.467 e. The van der Waals surface area contributed by atoms with Crippen molar-refractivity contribution in [3.8, 4) is 0 Å². The van der Waals surface area contributed by atoms with Crippen molar-refractivity contribution in [1.82, 2.24) is 4.90 Å². The van der Waals surface area contributed by atoms with Crippen molar-refractivity contribution in [2.24, 2.45) is 0 Å². The molecule has 0 bridgehead atoms. The van der Waals surface area contributed by atoms with Gasteiger partial charge in [0, 0.05) is 5.56 Å². The highest BCUT2D eigenvalue weighted by Crippen LogP contribution is 2.53. The van der Waals surface area contributed by atoms with Crippen molar-refractivity contribution in [2.75, 3.05) is 4.90 Å². The van der Waals surface area contributed by atoms with Crippen molar-refractivity contribution in [3.63, 3.8) is 0 Å². The molecule has 1 unspecified atom stereocenters. The Bertz CT molecular complexity index is 1880. The van der Waals surface area contributed by atoms with Crippen molar-refractivity contribution in [2.45, 2.75) is 25.6 Å². The molecule has 2 amide bonds. The number of furan rings is 1. The first-order valence-electron chi connectivity index (χ1n) is 12.5. The summed E-state index contributed by atoms with van der Waals surface area (Å²) in [4.78, 5) is 45.8. The van der Waals surface area contributed by atoms with E-state index in [0.29, 0.717) is 17.0 Å². The van der Waals surface area contributed by atoms with E-state index in [0.717, 1.165) is 23.3 Å². The van der Waals surface area contributed by atoms with Gasteiger partial charge in [-0.1, -0.05) is 48.0 Å². The summed E-state index contributed by atoms with van der Waals surface area (Å²) in [6.45, 7) is 2.11. The summed E-state index contributed by atoms with van der Waals surface area (Å²) < 4.78 is 25.8. The number of hydrogen-bond acceptors (Lipinski definition) is 5. The molecule has 3 aromatic carbocycles. The number of para-hydroxylation sites is 1. The SMILES string of the molecule is Cc1cccc(CN2C(=O)C3(c4ccccc42)c2c(oc4ccc(F)cc4c2=O)C(=O)N3Cc2ccco2)c1. The van der Waals surface area contributed by atoms with Crippen molar-refractivity contribution >= 4 is 28.5 Å². The van der Waals surface area contributed by atoms with Crippen LogP contribution in [0.4, 0.5) is 10.1 Å². The van der Waals surface area contributed by atoms with E-state index in [1.165, 1.54) is 17.2 Å². The maximum Gasteiger partial charge on any atom is 0.291 e. The summed E-state index contributed by atoms with van der Waals surface area (Å²) >= 11 is 0. The first-order chi connectivity index (χ1) is 18.9. The number of fused-ring (bicyclic) bond motifs is 5. The van der Waals surface area contributed by atoms with Gasteiger partial charge < -0.3 is 18.6 Å². The molecule has 7 rings (SSSR count). The summed E-state index contributed by atoms with van der Waals surface area (Å²) in [6, 6.07) is 21.8. The first kappa shape index (κ1) is 23.2. The molecule has 0 saturated carbocycles. The third kappa shape index (κ3) is 3.18. The number of carbonyl (C=O) groups excluding carboxylic acids is 2. The molecule has 4 heterocycles. The lowest BCUT2D eigenvalue weighted by Gasteiger charge is -2.33. The van der Waals surface area contributed by atoms with E-state index >= 15 is 0 Å². The van der Waals surface area contributed by atoms with E-state index < -0.39 is 28.6 Å². The molecular weight excluding hydrogens is 499 g/mol. The highest BCUT2D eigenvalue weighted by atomic mass is 19.1. The molecule has 0 N–H and O–H groups in total. The van der Waals surface area contributed by atoms with Gasteiger partial charge in [-0.2, -0.15) is 0 Å². The van der Waals surface area contributed by atoms with Crippen LogP contribution in [-0.4, -0.2) is 16.7 Å². The minimum atomic E-state index is -1.82. The van der Waals surface area contributed by atoms with Gasteiger partial charge in [-0.05, 0) is 48.9 Å². The van der Waals surface area contributed by atoms with Gasteiger partial charge in [0.1, 0.15) is 17.2 Å². The monoisotopic (exact) mass is 520 g/mol. The molecule has 0 aliphatic carbocycles. The second-order valence-electron chi connectivity index (χ2n) is 9.85. The topological polar surface area (TPSA) is 84.0 Å². The zero-order valence-corrected chi connectivity index (χ0v) is 20.8. The number of hydrogen-bond donors (Lipinski definition) is 0. The highest BCUT2D eigenvalue weighted by Gasteiger charge is 2.65. The Balaban J connectivity index is 1.52. The summed E-state index contributed by atoms with van der Waals surface area (Å²) in [5.74, 6) is -1.51. The molecule has 7 nitrogen and oxygen atoms in total. The van der Waals surface area contributed by atoms with Gasteiger partial charge in [-0.3, -0.25) is 14.4 Å². The number of benzene rings is 3. The lowest BCUT2D eigenvalue weighted by molar-refractivity contribution is -0.126. The molecule has 2 aromatic heterocycles. The number of nitrogens with zero attached hydrogens (tertiary/aromatic N) is 2. The number of amides is 2. The van der Waals surface area contributed by atoms with Crippen LogP contribution in [0, 0.1) is 12.7 Å². The van der Waals surface area contributed by atoms with E-state index in [2.05, 4.69) is 0 Å². The Morgan fingerprint density at radius 2 is 1.74 bits per heavy atom. The van der Waals surface area contributed by atoms with Gasteiger partial charge in [0.15, 0.2) is 11.0 Å². The van der Waals surface area contributed by atoms with Crippen LogP contribution in [0.15, 0.2) is 98.8 Å². The highest BCUT2D eigenvalue weighted by molar-refractivity contribution is 6.17. The first-order valence-corrected chi connectivity index (χ1v) is 12.5. The number of aryl methyl sites for hydroxylation is 1. The third-order valence-corrected chi connectivity index (χ3v) is 7.51. The number of anilines is 1. The maximum absolute atomic E-state index is 14.7. The van der Waals surface area contributed by atoms with E-state index in [9.17, 15) is 18.8 Å². The minimum absolute atomic E-state index is 0.0387. The predicted molar refractivity (Wildman–Crippen MR) is 141 cm³/mol. The molecule has 1 spiro atoms. The maximum atomic E-state index is 14.7. The van der Waals surface area contributed by atoms with Crippen LogP contribution in [0.2, 0.25) is 0 Å². The lowest BCUT2D eigenvalue weighted by atomic mass is 9.84. The summed E-state index contributed by atoms with van der Waals surface area (Å²) in [5.41, 5.74) is 0.502. The zero-order valence-electron chi connectivity index (χ0n) is 20.8. The second kappa shape index (κ2) is 8.26. The van der Waals surface area contributed by atoms with Crippen LogP contribution < -0.4 is 10.3 Å².